The molecular weight excluding hydrogens is 276 g/mol. The van der Waals surface area contributed by atoms with E-state index in [4.69, 9.17) is 0 Å². The lowest BCUT2D eigenvalue weighted by Gasteiger charge is -2.17. The average molecular weight is 301 g/mol. The number of nitrogens with zero attached hydrogens (tertiary/aromatic N) is 2. The lowest BCUT2D eigenvalue weighted by atomic mass is 10.0. The smallest absolute Gasteiger partial charge is 0.224 e. The fourth-order valence-corrected chi connectivity index (χ4v) is 2.71. The van der Waals surface area contributed by atoms with Gasteiger partial charge in [-0.05, 0) is 45.7 Å². The molecule has 1 amide bonds. The number of halogens is 1. The molecule has 114 valence electrons. The molecule has 1 aliphatic rings. The number of nitrogens with one attached hydrogen (secondary N) is 2. The van der Waals surface area contributed by atoms with Crippen molar-refractivity contribution >= 4 is 18.3 Å². The quantitative estimate of drug-likeness (QED) is 0.876. The minimum absolute atomic E-state index is 0. The van der Waals surface area contributed by atoms with Crippen molar-refractivity contribution < 1.29 is 4.79 Å². The molecule has 1 saturated heterocycles. The fraction of sp³-hybridized carbons (Fsp3) is 0.714. The Morgan fingerprint density at radius 3 is 2.75 bits per heavy atom. The maximum absolute atomic E-state index is 12.0. The van der Waals surface area contributed by atoms with Crippen LogP contribution in [-0.2, 0) is 18.3 Å². The van der Waals surface area contributed by atoms with E-state index >= 15 is 0 Å². The van der Waals surface area contributed by atoms with E-state index in [1.165, 1.54) is 11.3 Å². The van der Waals surface area contributed by atoms with Gasteiger partial charge in [0.1, 0.15) is 0 Å². The number of carbonyl (C=O) groups excluding carboxylic acids is 1. The summed E-state index contributed by atoms with van der Waals surface area (Å²) in [6.07, 6.45) is 1.79. The second kappa shape index (κ2) is 7.09. The summed E-state index contributed by atoms with van der Waals surface area (Å²) >= 11 is 0. The first-order chi connectivity index (χ1) is 8.99. The molecule has 2 atom stereocenters. The zero-order chi connectivity index (χ0) is 14.0. The minimum Gasteiger partial charge on any atom is -0.353 e. The molecular formula is C14H25ClN4O. The van der Waals surface area contributed by atoms with Crippen molar-refractivity contribution in [2.45, 2.75) is 39.7 Å². The lowest BCUT2D eigenvalue weighted by molar-refractivity contribution is -0.125. The number of hydrogen-bond acceptors (Lipinski definition) is 3. The molecule has 0 radical (unpaired) electrons. The normalized spacial score (nSPS) is 19.5. The van der Waals surface area contributed by atoms with Gasteiger partial charge in [-0.2, -0.15) is 5.10 Å². The molecule has 6 heteroatoms. The van der Waals surface area contributed by atoms with Gasteiger partial charge in [0.05, 0.1) is 11.6 Å². The Morgan fingerprint density at radius 1 is 1.55 bits per heavy atom. The first-order valence-corrected chi connectivity index (χ1v) is 6.99. The summed E-state index contributed by atoms with van der Waals surface area (Å²) in [5, 5.41) is 10.8. The molecule has 2 N–H and O–H groups in total. The van der Waals surface area contributed by atoms with Crippen LogP contribution in [-0.4, -0.2) is 34.8 Å². The molecule has 2 unspecified atom stereocenters. The number of amides is 1. The summed E-state index contributed by atoms with van der Waals surface area (Å²) in [7, 11) is 1.96. The molecule has 1 aromatic rings. The Balaban J connectivity index is 0.00000200. The van der Waals surface area contributed by atoms with Gasteiger partial charge >= 0.3 is 0 Å². The van der Waals surface area contributed by atoms with Crippen LogP contribution < -0.4 is 10.6 Å². The van der Waals surface area contributed by atoms with Gasteiger partial charge in [-0.3, -0.25) is 9.48 Å². The van der Waals surface area contributed by atoms with Crippen molar-refractivity contribution in [1.29, 1.82) is 0 Å². The lowest BCUT2D eigenvalue weighted by Crippen LogP contribution is -2.39. The van der Waals surface area contributed by atoms with Crippen molar-refractivity contribution in [2.24, 2.45) is 13.0 Å². The number of hydrogen-bond donors (Lipinski definition) is 2. The Hall–Kier alpha value is -1.07. The minimum atomic E-state index is 0. The zero-order valence-corrected chi connectivity index (χ0v) is 13.5. The second-order valence-corrected chi connectivity index (χ2v) is 5.58. The standard InChI is InChI=1S/C14H24N4O.ClH/c1-9(16-14(19)12-5-6-15-8-12)7-13-10(2)17-18(4)11(13)3;/h9,12,15H,5-8H2,1-4H3,(H,16,19);1H. The van der Waals surface area contributed by atoms with Gasteiger partial charge in [-0.15, -0.1) is 12.4 Å². The first-order valence-electron chi connectivity index (χ1n) is 6.99. The summed E-state index contributed by atoms with van der Waals surface area (Å²) in [5.41, 5.74) is 3.49. The third-order valence-corrected chi connectivity index (χ3v) is 3.99. The molecule has 1 aromatic heterocycles. The molecule has 0 aromatic carbocycles. The van der Waals surface area contributed by atoms with Crippen molar-refractivity contribution in [3.05, 3.63) is 17.0 Å². The van der Waals surface area contributed by atoms with Crippen LogP contribution in [0.4, 0.5) is 0 Å². The van der Waals surface area contributed by atoms with Crippen LogP contribution in [0.15, 0.2) is 0 Å². The molecule has 5 nitrogen and oxygen atoms in total. The number of aromatic nitrogens is 2. The van der Waals surface area contributed by atoms with Crippen molar-refractivity contribution in [2.75, 3.05) is 13.1 Å². The van der Waals surface area contributed by atoms with Gasteiger partial charge < -0.3 is 10.6 Å². The highest BCUT2D eigenvalue weighted by atomic mass is 35.5. The van der Waals surface area contributed by atoms with Gasteiger partial charge in [0.2, 0.25) is 5.91 Å². The summed E-state index contributed by atoms with van der Waals surface area (Å²) < 4.78 is 1.90. The number of rotatable bonds is 4. The summed E-state index contributed by atoms with van der Waals surface area (Å²) in [6, 6.07) is 0.148. The highest BCUT2D eigenvalue weighted by Crippen LogP contribution is 2.15. The molecule has 0 aliphatic carbocycles. The maximum atomic E-state index is 12.0. The Kier molecular flexibility index (Phi) is 6.02. The van der Waals surface area contributed by atoms with Gasteiger partial charge in [0, 0.05) is 25.3 Å². The predicted molar refractivity (Wildman–Crippen MR) is 82.2 cm³/mol. The highest BCUT2D eigenvalue weighted by molar-refractivity contribution is 5.85. The van der Waals surface area contributed by atoms with Crippen molar-refractivity contribution in [3.63, 3.8) is 0 Å². The molecule has 2 heterocycles. The van der Waals surface area contributed by atoms with E-state index in [0.29, 0.717) is 0 Å². The van der Waals surface area contributed by atoms with Crippen molar-refractivity contribution in [1.82, 2.24) is 20.4 Å². The molecule has 20 heavy (non-hydrogen) atoms. The van der Waals surface area contributed by atoms with Crippen LogP contribution in [0.2, 0.25) is 0 Å². The fourth-order valence-electron chi connectivity index (χ4n) is 2.71. The first kappa shape index (κ1) is 17.0. The van der Waals surface area contributed by atoms with Gasteiger partial charge in [0.15, 0.2) is 0 Å². The molecule has 0 spiro atoms. The van der Waals surface area contributed by atoms with Crippen LogP contribution in [0.1, 0.15) is 30.3 Å². The van der Waals surface area contributed by atoms with Crippen LogP contribution in [0, 0.1) is 19.8 Å². The molecule has 2 rings (SSSR count). The predicted octanol–water partition coefficient (Wildman–Crippen LogP) is 1.12. The van der Waals surface area contributed by atoms with Crippen LogP contribution in [0.3, 0.4) is 0 Å². The topological polar surface area (TPSA) is 59.0 Å². The van der Waals surface area contributed by atoms with Crippen LogP contribution in [0.25, 0.3) is 0 Å². The molecule has 0 bridgehead atoms. The molecule has 0 saturated carbocycles. The third-order valence-electron chi connectivity index (χ3n) is 3.99. The number of aryl methyl sites for hydroxylation is 2. The second-order valence-electron chi connectivity index (χ2n) is 5.58. The van der Waals surface area contributed by atoms with Crippen LogP contribution in [0.5, 0.6) is 0 Å². The Labute approximate surface area is 126 Å². The molecule has 1 fully saturated rings. The van der Waals surface area contributed by atoms with E-state index < -0.39 is 0 Å². The summed E-state index contributed by atoms with van der Waals surface area (Å²) in [5.74, 6) is 0.315. The Bertz CT molecular complexity index is 466. The van der Waals surface area contributed by atoms with E-state index in [2.05, 4.69) is 29.6 Å². The van der Waals surface area contributed by atoms with Gasteiger partial charge in [-0.1, -0.05) is 0 Å². The maximum Gasteiger partial charge on any atom is 0.224 e. The van der Waals surface area contributed by atoms with Gasteiger partial charge in [-0.25, -0.2) is 0 Å². The van der Waals surface area contributed by atoms with E-state index in [1.807, 2.05) is 18.7 Å². The van der Waals surface area contributed by atoms with E-state index in [1.54, 1.807) is 0 Å². The van der Waals surface area contributed by atoms with E-state index in [9.17, 15) is 4.79 Å². The van der Waals surface area contributed by atoms with Gasteiger partial charge in [0.25, 0.3) is 0 Å². The van der Waals surface area contributed by atoms with E-state index in [0.717, 1.165) is 31.6 Å². The average Bonchev–Trinajstić information content (AvgIpc) is 2.94. The third kappa shape index (κ3) is 3.73. The monoisotopic (exact) mass is 300 g/mol. The Morgan fingerprint density at radius 2 is 2.25 bits per heavy atom. The largest absolute Gasteiger partial charge is 0.353 e. The van der Waals surface area contributed by atoms with E-state index in [-0.39, 0.29) is 30.3 Å². The SMILES string of the molecule is Cc1nn(C)c(C)c1CC(C)NC(=O)C1CCNC1.Cl. The molecule has 1 aliphatic heterocycles. The van der Waals surface area contributed by atoms with Crippen molar-refractivity contribution in [3.8, 4) is 0 Å². The zero-order valence-electron chi connectivity index (χ0n) is 12.7. The summed E-state index contributed by atoms with van der Waals surface area (Å²) in [6.45, 7) is 7.92. The number of carbonyl (C=O) groups is 1. The summed E-state index contributed by atoms with van der Waals surface area (Å²) in [4.78, 5) is 12.0. The highest BCUT2D eigenvalue weighted by Gasteiger charge is 2.24. The van der Waals surface area contributed by atoms with Crippen LogP contribution >= 0.6 is 12.4 Å².